The third-order valence-corrected chi connectivity index (χ3v) is 3.39. The number of rotatable bonds is 6. The quantitative estimate of drug-likeness (QED) is 0.818. The minimum atomic E-state index is -0.982. The first-order valence-corrected chi connectivity index (χ1v) is 7.63. The molecule has 1 atom stereocenters. The molecule has 0 saturated heterocycles. The van der Waals surface area contributed by atoms with Gasteiger partial charge in [-0.3, -0.25) is 4.79 Å². The Morgan fingerprint density at radius 2 is 1.96 bits per heavy atom. The number of nitriles is 1. The second-order valence-corrected chi connectivity index (χ2v) is 5.36. The minimum absolute atomic E-state index is 0.348. The fraction of sp³-hybridized carbons (Fsp3) is 0.211. The number of nitrogens with zero attached hydrogens (tertiary/aromatic N) is 1. The van der Waals surface area contributed by atoms with Gasteiger partial charge in [0.1, 0.15) is 0 Å². The number of hydrogen-bond acceptors (Lipinski definition) is 5. The van der Waals surface area contributed by atoms with Crippen molar-refractivity contribution < 1.29 is 19.1 Å². The molecular formula is C19H18N2O4. The number of ether oxygens (including phenoxy) is 2. The lowest BCUT2D eigenvalue weighted by molar-refractivity contribution is -0.123. The number of nitrogens with one attached hydrogen (secondary N) is 1. The van der Waals surface area contributed by atoms with Crippen molar-refractivity contribution in [3.63, 3.8) is 0 Å². The van der Waals surface area contributed by atoms with Crippen molar-refractivity contribution in [1.82, 2.24) is 0 Å². The SMILES string of the molecule is COCc1cccc(C(=O)O[C@@H](C)C(=O)Nc2cccc(C#N)c2)c1. The van der Waals surface area contributed by atoms with E-state index < -0.39 is 18.0 Å². The second-order valence-electron chi connectivity index (χ2n) is 5.36. The molecule has 0 bridgehead atoms. The molecule has 2 aromatic rings. The summed E-state index contributed by atoms with van der Waals surface area (Å²) in [6, 6.07) is 15.3. The van der Waals surface area contributed by atoms with Gasteiger partial charge >= 0.3 is 5.97 Å². The lowest BCUT2D eigenvalue weighted by Crippen LogP contribution is -2.30. The summed E-state index contributed by atoms with van der Waals surface area (Å²) < 4.78 is 10.2. The van der Waals surface area contributed by atoms with E-state index in [9.17, 15) is 9.59 Å². The zero-order valence-electron chi connectivity index (χ0n) is 14.0. The molecule has 1 amide bonds. The number of benzene rings is 2. The molecule has 2 rings (SSSR count). The van der Waals surface area contributed by atoms with Gasteiger partial charge in [-0.1, -0.05) is 18.2 Å². The Morgan fingerprint density at radius 1 is 1.20 bits per heavy atom. The molecule has 128 valence electrons. The summed E-state index contributed by atoms with van der Waals surface area (Å²) in [5.74, 6) is -1.07. The molecular weight excluding hydrogens is 320 g/mol. The van der Waals surface area contributed by atoms with Crippen molar-refractivity contribution in [3.8, 4) is 6.07 Å². The van der Waals surface area contributed by atoms with Gasteiger partial charge in [-0.15, -0.1) is 0 Å². The highest BCUT2D eigenvalue weighted by molar-refractivity contribution is 5.97. The average molecular weight is 338 g/mol. The number of esters is 1. The Bertz CT molecular complexity index is 811. The molecule has 0 saturated carbocycles. The van der Waals surface area contributed by atoms with Gasteiger partial charge in [-0.25, -0.2) is 4.79 Å². The van der Waals surface area contributed by atoms with Crippen molar-refractivity contribution in [2.75, 3.05) is 12.4 Å². The van der Waals surface area contributed by atoms with E-state index in [1.807, 2.05) is 12.1 Å². The lowest BCUT2D eigenvalue weighted by Gasteiger charge is -2.14. The third-order valence-electron chi connectivity index (χ3n) is 3.39. The van der Waals surface area contributed by atoms with Crippen LogP contribution in [0, 0.1) is 11.3 Å². The number of carbonyl (C=O) groups excluding carboxylic acids is 2. The smallest absolute Gasteiger partial charge is 0.338 e. The van der Waals surface area contributed by atoms with Gasteiger partial charge in [-0.2, -0.15) is 5.26 Å². The topological polar surface area (TPSA) is 88.4 Å². The maximum atomic E-state index is 12.2. The molecule has 0 aliphatic carbocycles. The molecule has 0 aliphatic heterocycles. The Labute approximate surface area is 146 Å². The first kappa shape index (κ1) is 18.2. The molecule has 0 spiro atoms. The molecule has 1 N–H and O–H groups in total. The van der Waals surface area contributed by atoms with Crippen LogP contribution in [-0.2, 0) is 20.9 Å². The zero-order valence-corrected chi connectivity index (χ0v) is 14.0. The van der Waals surface area contributed by atoms with E-state index in [1.54, 1.807) is 49.6 Å². The zero-order chi connectivity index (χ0) is 18.2. The van der Waals surface area contributed by atoms with Gasteiger partial charge in [0, 0.05) is 12.8 Å². The van der Waals surface area contributed by atoms with Crippen LogP contribution in [0.5, 0.6) is 0 Å². The Kier molecular flexibility index (Phi) is 6.26. The largest absolute Gasteiger partial charge is 0.449 e. The minimum Gasteiger partial charge on any atom is -0.449 e. The number of methoxy groups -OCH3 is 1. The van der Waals surface area contributed by atoms with Crippen LogP contribution in [0.4, 0.5) is 5.69 Å². The molecule has 0 aliphatic rings. The summed E-state index contributed by atoms with van der Waals surface area (Å²) in [6.07, 6.45) is -0.982. The molecule has 6 heteroatoms. The maximum absolute atomic E-state index is 12.2. The highest BCUT2D eigenvalue weighted by atomic mass is 16.5. The summed E-state index contributed by atoms with van der Waals surface area (Å²) >= 11 is 0. The highest BCUT2D eigenvalue weighted by Gasteiger charge is 2.19. The molecule has 0 radical (unpaired) electrons. The third kappa shape index (κ3) is 5.16. The van der Waals surface area contributed by atoms with Crippen molar-refractivity contribution in [2.45, 2.75) is 19.6 Å². The van der Waals surface area contributed by atoms with E-state index in [0.717, 1.165) is 5.56 Å². The van der Waals surface area contributed by atoms with Crippen LogP contribution in [0.3, 0.4) is 0 Å². The fourth-order valence-corrected chi connectivity index (χ4v) is 2.15. The van der Waals surface area contributed by atoms with Gasteiger partial charge in [-0.05, 0) is 42.8 Å². The Hall–Kier alpha value is -3.17. The number of amides is 1. The van der Waals surface area contributed by atoms with Gasteiger partial charge in [0.2, 0.25) is 0 Å². The van der Waals surface area contributed by atoms with Crippen LogP contribution in [0.1, 0.15) is 28.4 Å². The second kappa shape index (κ2) is 8.62. The van der Waals surface area contributed by atoms with Crippen molar-refractivity contribution in [3.05, 3.63) is 65.2 Å². The predicted octanol–water partition coefficient (Wildman–Crippen LogP) is 2.89. The monoisotopic (exact) mass is 338 g/mol. The number of anilines is 1. The Balaban J connectivity index is 1.99. The molecule has 2 aromatic carbocycles. The lowest BCUT2D eigenvalue weighted by atomic mass is 10.1. The van der Waals surface area contributed by atoms with Crippen LogP contribution in [-0.4, -0.2) is 25.1 Å². The summed E-state index contributed by atoms with van der Waals surface area (Å²) in [4.78, 5) is 24.3. The average Bonchev–Trinajstić information content (AvgIpc) is 2.62. The van der Waals surface area contributed by atoms with Crippen molar-refractivity contribution >= 4 is 17.6 Å². The van der Waals surface area contributed by atoms with Crippen LogP contribution in [0.25, 0.3) is 0 Å². The first-order valence-electron chi connectivity index (χ1n) is 7.63. The van der Waals surface area contributed by atoms with Crippen LogP contribution in [0.15, 0.2) is 48.5 Å². The van der Waals surface area contributed by atoms with Gasteiger partial charge < -0.3 is 14.8 Å². The summed E-state index contributed by atoms with van der Waals surface area (Å²) in [7, 11) is 1.57. The van der Waals surface area contributed by atoms with Gasteiger partial charge in [0.05, 0.1) is 23.8 Å². The molecule has 0 fully saturated rings. The van der Waals surface area contributed by atoms with E-state index >= 15 is 0 Å². The van der Waals surface area contributed by atoms with E-state index in [2.05, 4.69) is 5.32 Å². The van der Waals surface area contributed by atoms with Crippen molar-refractivity contribution in [1.29, 1.82) is 5.26 Å². The van der Waals surface area contributed by atoms with Gasteiger partial charge in [0.15, 0.2) is 6.10 Å². The molecule has 25 heavy (non-hydrogen) atoms. The van der Waals surface area contributed by atoms with E-state index in [-0.39, 0.29) is 0 Å². The number of carbonyl (C=O) groups is 2. The van der Waals surface area contributed by atoms with E-state index in [4.69, 9.17) is 14.7 Å². The summed E-state index contributed by atoms with van der Waals surface area (Å²) in [6.45, 7) is 1.87. The van der Waals surface area contributed by atoms with Crippen molar-refractivity contribution in [2.24, 2.45) is 0 Å². The van der Waals surface area contributed by atoms with Gasteiger partial charge in [0.25, 0.3) is 5.91 Å². The van der Waals surface area contributed by atoms with E-state index in [0.29, 0.717) is 23.4 Å². The summed E-state index contributed by atoms with van der Waals surface area (Å²) in [5.41, 5.74) is 2.08. The molecule has 0 unspecified atom stereocenters. The predicted molar refractivity (Wildman–Crippen MR) is 91.8 cm³/mol. The first-order chi connectivity index (χ1) is 12.0. The molecule has 6 nitrogen and oxygen atoms in total. The molecule has 0 aromatic heterocycles. The standard InChI is InChI=1S/C19H18N2O4/c1-13(18(22)21-17-8-4-5-14(10-17)11-20)25-19(23)16-7-3-6-15(9-16)12-24-2/h3-10,13H,12H2,1-2H3,(H,21,22)/t13-/m0/s1. The molecule has 0 heterocycles. The van der Waals surface area contributed by atoms with Crippen LogP contribution < -0.4 is 5.32 Å². The fourth-order valence-electron chi connectivity index (χ4n) is 2.15. The Morgan fingerprint density at radius 3 is 2.68 bits per heavy atom. The number of hydrogen-bond donors (Lipinski definition) is 1. The maximum Gasteiger partial charge on any atom is 0.338 e. The van der Waals surface area contributed by atoms with Crippen LogP contribution in [0.2, 0.25) is 0 Å². The normalized spacial score (nSPS) is 11.2. The van der Waals surface area contributed by atoms with E-state index in [1.165, 1.54) is 6.92 Å². The highest BCUT2D eigenvalue weighted by Crippen LogP contribution is 2.12. The van der Waals surface area contributed by atoms with Crippen LogP contribution >= 0.6 is 0 Å². The summed E-state index contributed by atoms with van der Waals surface area (Å²) in [5, 5.41) is 11.5.